The molecule has 0 aliphatic heterocycles. The number of nitrogens with one attached hydrogen (secondary N) is 1. The summed E-state index contributed by atoms with van der Waals surface area (Å²) in [7, 11) is 0. The molecule has 0 amide bonds. The molecule has 0 bridgehead atoms. The Morgan fingerprint density at radius 2 is 2.12 bits per heavy atom. The van der Waals surface area contributed by atoms with Crippen molar-refractivity contribution >= 4 is 23.1 Å². The molecule has 0 saturated heterocycles. The van der Waals surface area contributed by atoms with Gasteiger partial charge in [-0.1, -0.05) is 30.3 Å². The van der Waals surface area contributed by atoms with E-state index in [2.05, 4.69) is 16.4 Å². The second-order valence-electron chi connectivity index (χ2n) is 5.43. The van der Waals surface area contributed by atoms with Crippen LogP contribution in [0.4, 0.5) is 10.4 Å². The number of aliphatic carboxylic acids is 1. The van der Waals surface area contributed by atoms with Crippen LogP contribution in [0.1, 0.15) is 17.5 Å². The van der Waals surface area contributed by atoms with E-state index in [1.54, 1.807) is 31.2 Å². The summed E-state index contributed by atoms with van der Waals surface area (Å²) >= 11 is 0. The number of hydrogen-bond donors (Lipinski definition) is 2. The molecular weight excluding hydrogens is 325 g/mol. The summed E-state index contributed by atoms with van der Waals surface area (Å²) in [6.07, 6.45) is -0.138. The van der Waals surface area contributed by atoms with E-state index >= 15 is 4.39 Å². The minimum absolute atomic E-state index is 0.0174. The fraction of sp³-hybridized carbons (Fsp3) is 0.167. The Morgan fingerprint density at radius 1 is 1.40 bits per heavy atom. The standard InChI is InChI=1S/C18H14FN3O3/c1-10-12(9-20)16-17(25-18(22-16)21-8-7-13(23)24)15(19)14(10)11-5-3-2-4-6-11/h2-6H,7-8H2,1H3,(H,21,22)(H,23,24). The number of carboxylic acid groups (broad SMARTS) is 1. The van der Waals surface area contributed by atoms with Gasteiger partial charge in [0, 0.05) is 12.1 Å². The zero-order valence-corrected chi connectivity index (χ0v) is 13.3. The summed E-state index contributed by atoms with van der Waals surface area (Å²) in [6.45, 7) is 1.74. The highest BCUT2D eigenvalue weighted by Crippen LogP contribution is 2.36. The van der Waals surface area contributed by atoms with Crippen molar-refractivity contribution in [3.63, 3.8) is 0 Å². The lowest BCUT2D eigenvalue weighted by Crippen LogP contribution is -2.07. The average Bonchev–Trinajstić information content (AvgIpc) is 3.00. The van der Waals surface area contributed by atoms with E-state index in [1.165, 1.54) is 0 Å². The maximum Gasteiger partial charge on any atom is 0.305 e. The van der Waals surface area contributed by atoms with Gasteiger partial charge in [-0.05, 0) is 18.1 Å². The van der Waals surface area contributed by atoms with E-state index in [9.17, 15) is 10.1 Å². The van der Waals surface area contributed by atoms with Crippen molar-refractivity contribution in [1.29, 1.82) is 5.26 Å². The fourth-order valence-electron chi connectivity index (χ4n) is 2.66. The van der Waals surface area contributed by atoms with Gasteiger partial charge in [-0.25, -0.2) is 4.39 Å². The van der Waals surface area contributed by atoms with Gasteiger partial charge in [-0.3, -0.25) is 4.79 Å². The van der Waals surface area contributed by atoms with Crippen molar-refractivity contribution in [3.8, 4) is 17.2 Å². The van der Waals surface area contributed by atoms with Gasteiger partial charge in [0.1, 0.15) is 11.6 Å². The van der Waals surface area contributed by atoms with Crippen LogP contribution in [0.2, 0.25) is 0 Å². The molecule has 0 fully saturated rings. The van der Waals surface area contributed by atoms with Gasteiger partial charge in [-0.2, -0.15) is 10.2 Å². The first-order valence-electron chi connectivity index (χ1n) is 7.56. The smallest absolute Gasteiger partial charge is 0.305 e. The molecule has 7 heteroatoms. The molecule has 0 spiro atoms. The van der Waals surface area contributed by atoms with Crippen LogP contribution in [0.5, 0.6) is 0 Å². The van der Waals surface area contributed by atoms with Crippen molar-refractivity contribution in [1.82, 2.24) is 4.98 Å². The molecule has 3 rings (SSSR count). The van der Waals surface area contributed by atoms with Crippen molar-refractivity contribution in [2.45, 2.75) is 13.3 Å². The number of nitrogens with zero attached hydrogens (tertiary/aromatic N) is 2. The predicted molar refractivity (Wildman–Crippen MR) is 89.6 cm³/mol. The molecule has 0 aliphatic carbocycles. The van der Waals surface area contributed by atoms with Crippen LogP contribution >= 0.6 is 0 Å². The van der Waals surface area contributed by atoms with Crippen LogP contribution in [0.3, 0.4) is 0 Å². The lowest BCUT2D eigenvalue weighted by molar-refractivity contribution is -0.136. The van der Waals surface area contributed by atoms with E-state index in [1.807, 2.05) is 6.07 Å². The number of aromatic nitrogens is 1. The largest absolute Gasteiger partial charge is 0.481 e. The van der Waals surface area contributed by atoms with Gasteiger partial charge in [-0.15, -0.1) is 0 Å². The van der Waals surface area contributed by atoms with E-state index in [0.717, 1.165) is 0 Å². The third-order valence-corrected chi connectivity index (χ3v) is 3.82. The van der Waals surface area contributed by atoms with Gasteiger partial charge < -0.3 is 14.8 Å². The maximum atomic E-state index is 15.0. The molecule has 25 heavy (non-hydrogen) atoms. The number of rotatable bonds is 5. The van der Waals surface area contributed by atoms with Crippen molar-refractivity contribution in [3.05, 3.63) is 47.3 Å². The van der Waals surface area contributed by atoms with Gasteiger partial charge >= 0.3 is 5.97 Å². The molecule has 1 aromatic heterocycles. The van der Waals surface area contributed by atoms with Gasteiger partial charge in [0.05, 0.1) is 12.0 Å². The lowest BCUT2D eigenvalue weighted by atomic mass is 9.95. The summed E-state index contributed by atoms with van der Waals surface area (Å²) < 4.78 is 20.4. The number of hydrogen-bond acceptors (Lipinski definition) is 5. The second kappa shape index (κ2) is 6.61. The van der Waals surface area contributed by atoms with Gasteiger partial charge in [0.15, 0.2) is 11.4 Å². The third-order valence-electron chi connectivity index (χ3n) is 3.82. The van der Waals surface area contributed by atoms with Crippen LogP contribution in [0.15, 0.2) is 34.7 Å². The van der Waals surface area contributed by atoms with Gasteiger partial charge in [0.2, 0.25) is 0 Å². The first kappa shape index (κ1) is 16.5. The molecule has 126 valence electrons. The van der Waals surface area contributed by atoms with Crippen LogP contribution in [0, 0.1) is 24.1 Å². The first-order valence-corrected chi connectivity index (χ1v) is 7.56. The summed E-state index contributed by atoms with van der Waals surface area (Å²) in [4.78, 5) is 14.7. The molecule has 2 aromatic carbocycles. The monoisotopic (exact) mass is 339 g/mol. The number of carbonyl (C=O) groups is 1. The van der Waals surface area contributed by atoms with Gasteiger partial charge in [0.25, 0.3) is 6.01 Å². The SMILES string of the molecule is Cc1c(-c2ccccc2)c(F)c2oc(NCCC(=O)O)nc2c1C#N. The number of carboxylic acids is 1. The number of fused-ring (bicyclic) bond motifs is 1. The van der Waals surface area contributed by atoms with Crippen molar-refractivity contribution < 1.29 is 18.7 Å². The second-order valence-corrected chi connectivity index (χ2v) is 5.43. The Hall–Kier alpha value is -3.40. The molecule has 1 heterocycles. The van der Waals surface area contributed by atoms with Crippen LogP contribution in [-0.2, 0) is 4.79 Å². The number of halogens is 1. The molecule has 0 aliphatic rings. The zero-order valence-electron chi connectivity index (χ0n) is 13.3. The lowest BCUT2D eigenvalue weighted by Gasteiger charge is -2.09. The highest BCUT2D eigenvalue weighted by Gasteiger charge is 2.23. The summed E-state index contributed by atoms with van der Waals surface area (Å²) in [5.74, 6) is -1.58. The number of oxazole rings is 1. The van der Waals surface area contributed by atoms with Crippen LogP contribution < -0.4 is 5.32 Å². The molecule has 0 saturated carbocycles. The Labute approximate surface area is 142 Å². The van der Waals surface area contributed by atoms with Crippen LogP contribution in [-0.4, -0.2) is 22.6 Å². The number of anilines is 1. The Morgan fingerprint density at radius 3 is 2.76 bits per heavy atom. The van der Waals surface area contributed by atoms with E-state index in [4.69, 9.17) is 9.52 Å². The molecule has 3 aromatic rings. The molecule has 0 radical (unpaired) electrons. The number of nitriles is 1. The summed E-state index contributed by atoms with van der Waals surface area (Å²) in [5, 5.41) is 20.8. The molecule has 6 nitrogen and oxygen atoms in total. The topological polar surface area (TPSA) is 99.2 Å². The highest BCUT2D eigenvalue weighted by molar-refractivity contribution is 5.90. The quantitative estimate of drug-likeness (QED) is 0.735. The minimum Gasteiger partial charge on any atom is -0.481 e. The minimum atomic E-state index is -0.977. The molecule has 2 N–H and O–H groups in total. The Bertz CT molecular complexity index is 990. The van der Waals surface area contributed by atoms with Crippen molar-refractivity contribution in [2.75, 3.05) is 11.9 Å². The zero-order chi connectivity index (χ0) is 18.0. The van der Waals surface area contributed by atoms with Crippen molar-refractivity contribution in [2.24, 2.45) is 0 Å². The van der Waals surface area contributed by atoms with E-state index in [-0.39, 0.29) is 41.2 Å². The average molecular weight is 339 g/mol. The molecule has 0 unspecified atom stereocenters. The third kappa shape index (κ3) is 3.02. The number of benzene rings is 2. The predicted octanol–water partition coefficient (Wildman–Crippen LogP) is 3.70. The first-order chi connectivity index (χ1) is 12.0. The molecular formula is C18H14FN3O3. The Balaban J connectivity index is 2.14. The summed E-state index contributed by atoms with van der Waals surface area (Å²) in [5.41, 5.74) is 1.62. The maximum absolute atomic E-state index is 15.0. The normalized spacial score (nSPS) is 10.6. The molecule has 0 atom stereocenters. The van der Waals surface area contributed by atoms with E-state index in [0.29, 0.717) is 11.1 Å². The highest BCUT2D eigenvalue weighted by atomic mass is 19.1. The Kier molecular flexibility index (Phi) is 4.35. The summed E-state index contributed by atoms with van der Waals surface area (Å²) in [6, 6.07) is 10.9. The van der Waals surface area contributed by atoms with E-state index < -0.39 is 11.8 Å². The fourth-order valence-corrected chi connectivity index (χ4v) is 2.66. The van der Waals surface area contributed by atoms with Crippen LogP contribution in [0.25, 0.3) is 22.2 Å².